The van der Waals surface area contributed by atoms with Crippen LogP contribution in [0, 0.1) is 0 Å². The highest BCUT2D eigenvalue weighted by Crippen LogP contribution is 2.25. The van der Waals surface area contributed by atoms with E-state index < -0.39 is 35.0 Å². The lowest BCUT2D eigenvalue weighted by Gasteiger charge is -2.14. The molecule has 0 aromatic carbocycles. The van der Waals surface area contributed by atoms with Gasteiger partial charge in [0.05, 0.1) is 5.25 Å². The topological polar surface area (TPSA) is 171 Å². The molecule has 1 fully saturated rings. The van der Waals surface area contributed by atoms with Gasteiger partial charge in [-0.15, -0.1) is 11.8 Å². The van der Waals surface area contributed by atoms with Crippen LogP contribution >= 0.6 is 33.3 Å². The van der Waals surface area contributed by atoms with Crippen LogP contribution in [0.2, 0.25) is 0 Å². The average molecular weight is 536 g/mol. The molecule has 1 aliphatic rings. The van der Waals surface area contributed by atoms with Crippen LogP contribution in [-0.2, 0) is 24.0 Å². The summed E-state index contributed by atoms with van der Waals surface area (Å²) >= 11 is 1.03. The zero-order valence-electron chi connectivity index (χ0n) is 19.4. The Hall–Kier alpha value is -1.77. The normalized spacial score (nSPS) is 17.1. The van der Waals surface area contributed by atoms with Gasteiger partial charge in [-0.3, -0.25) is 28.9 Å². The van der Waals surface area contributed by atoms with Crippen molar-refractivity contribution in [1.29, 1.82) is 0 Å². The van der Waals surface area contributed by atoms with Gasteiger partial charge < -0.3 is 16.2 Å². The molecule has 0 aliphatic carbocycles. The number of carboxylic acids is 1. The SMILES string of the molecule is CCCSSCCNC(=O)CC/C(C)=N/NC(=O)CCN1C(=O)CC(SCC(N)C(=O)O)C1=O. The molecule has 0 saturated carbocycles. The smallest absolute Gasteiger partial charge is 0.321 e. The number of hydrazone groups is 1. The molecule has 1 heterocycles. The second kappa shape index (κ2) is 16.8. The summed E-state index contributed by atoms with van der Waals surface area (Å²) in [7, 11) is 3.52. The molecule has 4 amide bonds. The number of nitrogens with two attached hydrogens (primary N) is 1. The van der Waals surface area contributed by atoms with E-state index >= 15 is 0 Å². The third-order valence-corrected chi connectivity index (χ3v) is 8.46. The van der Waals surface area contributed by atoms with Crippen LogP contribution in [0.3, 0.4) is 0 Å². The van der Waals surface area contributed by atoms with Crippen LogP contribution in [0.5, 0.6) is 0 Å². The van der Waals surface area contributed by atoms with Crippen molar-refractivity contribution in [2.45, 2.75) is 57.2 Å². The summed E-state index contributed by atoms with van der Waals surface area (Å²) in [6.07, 6.45) is 1.62. The van der Waals surface area contributed by atoms with Crippen molar-refractivity contribution < 1.29 is 29.1 Å². The van der Waals surface area contributed by atoms with Gasteiger partial charge in [-0.1, -0.05) is 28.5 Å². The minimum atomic E-state index is -1.18. The van der Waals surface area contributed by atoms with Gasteiger partial charge in [-0.25, -0.2) is 5.43 Å². The maximum atomic E-state index is 12.4. The van der Waals surface area contributed by atoms with Crippen LogP contribution in [0.4, 0.5) is 0 Å². The van der Waals surface area contributed by atoms with E-state index in [0.717, 1.165) is 34.6 Å². The van der Waals surface area contributed by atoms with Crippen LogP contribution in [0.15, 0.2) is 5.10 Å². The minimum absolute atomic E-state index is 0.0103. The fraction of sp³-hybridized carbons (Fsp3) is 0.700. The molecular weight excluding hydrogens is 502 g/mol. The van der Waals surface area contributed by atoms with Crippen LogP contribution in [0.1, 0.15) is 46.0 Å². The summed E-state index contributed by atoms with van der Waals surface area (Å²) in [5, 5.41) is 14.9. The summed E-state index contributed by atoms with van der Waals surface area (Å²) in [4.78, 5) is 60.1. The average Bonchev–Trinajstić information content (AvgIpc) is 3.07. The monoisotopic (exact) mass is 535 g/mol. The molecule has 2 atom stereocenters. The van der Waals surface area contributed by atoms with Crippen LogP contribution in [-0.4, -0.2) is 87.0 Å². The highest BCUT2D eigenvalue weighted by molar-refractivity contribution is 8.76. The number of nitrogens with zero attached hydrogens (tertiary/aromatic N) is 2. The highest BCUT2D eigenvalue weighted by Gasteiger charge is 2.39. The van der Waals surface area contributed by atoms with Gasteiger partial charge in [0.25, 0.3) is 0 Å². The van der Waals surface area contributed by atoms with E-state index in [4.69, 9.17) is 10.8 Å². The van der Waals surface area contributed by atoms with Crippen molar-refractivity contribution in [1.82, 2.24) is 15.6 Å². The Morgan fingerprint density at radius 1 is 1.18 bits per heavy atom. The first kappa shape index (κ1) is 30.3. The lowest BCUT2D eigenvalue weighted by Crippen LogP contribution is -2.36. The van der Waals surface area contributed by atoms with Crippen molar-refractivity contribution in [2.24, 2.45) is 10.8 Å². The molecule has 0 radical (unpaired) electrons. The molecule has 1 saturated heterocycles. The Labute approximate surface area is 211 Å². The molecule has 1 aliphatic heterocycles. The number of hydrogen-bond donors (Lipinski definition) is 4. The molecule has 1 rings (SSSR count). The number of hydrogen-bond acceptors (Lipinski definition) is 10. The maximum Gasteiger partial charge on any atom is 0.321 e. The predicted octanol–water partition coefficient (Wildman–Crippen LogP) is 0.829. The third-order valence-electron chi connectivity index (χ3n) is 4.52. The van der Waals surface area contributed by atoms with Gasteiger partial charge in [-0.2, -0.15) is 5.10 Å². The van der Waals surface area contributed by atoms with Gasteiger partial charge >= 0.3 is 5.97 Å². The fourth-order valence-corrected chi connectivity index (χ4v) is 5.77. The van der Waals surface area contributed by atoms with Crippen molar-refractivity contribution in [2.75, 3.05) is 30.3 Å². The zero-order chi connectivity index (χ0) is 25.5. The third kappa shape index (κ3) is 12.1. The summed E-state index contributed by atoms with van der Waals surface area (Å²) in [6.45, 7) is 4.34. The number of likely N-dealkylation sites (tertiary alicyclic amines) is 1. The Bertz CT molecular complexity index is 767. The number of rotatable bonds is 17. The van der Waals surface area contributed by atoms with Crippen molar-refractivity contribution >= 4 is 68.7 Å². The van der Waals surface area contributed by atoms with Crippen molar-refractivity contribution in [3.05, 3.63) is 0 Å². The molecule has 0 aromatic heterocycles. The number of carbonyl (C=O) groups is 5. The second-order valence-electron chi connectivity index (χ2n) is 7.48. The van der Waals surface area contributed by atoms with Gasteiger partial charge in [0.2, 0.25) is 23.6 Å². The summed E-state index contributed by atoms with van der Waals surface area (Å²) in [5.41, 5.74) is 8.38. The van der Waals surface area contributed by atoms with Crippen LogP contribution < -0.4 is 16.5 Å². The first-order valence-corrected chi connectivity index (χ1v) is 14.5. The van der Waals surface area contributed by atoms with E-state index in [2.05, 4.69) is 22.8 Å². The van der Waals surface area contributed by atoms with Gasteiger partial charge in [0, 0.05) is 55.3 Å². The molecule has 0 aromatic rings. The molecule has 192 valence electrons. The fourth-order valence-electron chi connectivity index (χ4n) is 2.61. The first-order chi connectivity index (χ1) is 16.1. The minimum Gasteiger partial charge on any atom is -0.480 e. The molecule has 0 bridgehead atoms. The molecule has 34 heavy (non-hydrogen) atoms. The van der Waals surface area contributed by atoms with E-state index in [1.165, 1.54) is 0 Å². The van der Waals surface area contributed by atoms with E-state index in [-0.39, 0.29) is 37.5 Å². The number of imide groups is 1. The summed E-state index contributed by atoms with van der Waals surface area (Å²) in [5.74, 6) is -0.632. The number of nitrogens with one attached hydrogen (secondary N) is 2. The Balaban J connectivity index is 2.27. The predicted molar refractivity (Wildman–Crippen MR) is 137 cm³/mol. The summed E-state index contributed by atoms with van der Waals surface area (Å²) < 4.78 is 0. The Morgan fingerprint density at radius 3 is 2.56 bits per heavy atom. The lowest BCUT2D eigenvalue weighted by atomic mass is 10.2. The Morgan fingerprint density at radius 2 is 1.88 bits per heavy atom. The zero-order valence-corrected chi connectivity index (χ0v) is 21.9. The van der Waals surface area contributed by atoms with Crippen molar-refractivity contribution in [3.8, 4) is 0 Å². The Kier molecular flexibility index (Phi) is 14.9. The standard InChI is InChI=1S/C20H33N5O6S3/c1-3-9-33-34-10-7-22-16(26)5-4-13(2)23-24-17(27)6-8-25-18(28)11-15(19(25)29)32-12-14(21)20(30)31/h14-15H,3-12,21H2,1-2H3,(H,22,26)(H,24,27)(H,30,31)/b23-13+. The van der Waals surface area contributed by atoms with E-state index in [1.54, 1.807) is 28.5 Å². The first-order valence-electron chi connectivity index (χ1n) is 10.9. The molecule has 14 heteroatoms. The molecule has 2 unspecified atom stereocenters. The molecule has 5 N–H and O–H groups in total. The van der Waals surface area contributed by atoms with Crippen molar-refractivity contribution in [3.63, 3.8) is 0 Å². The number of aliphatic carboxylic acids is 1. The van der Waals surface area contributed by atoms with E-state index in [9.17, 15) is 24.0 Å². The summed E-state index contributed by atoms with van der Waals surface area (Å²) in [6, 6.07) is -1.12. The van der Waals surface area contributed by atoms with E-state index in [1.807, 2.05) is 0 Å². The van der Waals surface area contributed by atoms with Gasteiger partial charge in [0.1, 0.15) is 6.04 Å². The number of thioether (sulfide) groups is 1. The highest BCUT2D eigenvalue weighted by atomic mass is 33.1. The number of carboxylic acid groups (broad SMARTS) is 1. The van der Waals surface area contributed by atoms with Crippen LogP contribution in [0.25, 0.3) is 0 Å². The number of carbonyl (C=O) groups excluding carboxylic acids is 4. The number of amides is 4. The van der Waals surface area contributed by atoms with E-state index in [0.29, 0.717) is 18.7 Å². The molecule has 0 spiro atoms. The maximum absolute atomic E-state index is 12.4. The second-order valence-corrected chi connectivity index (χ2v) is 11.4. The van der Waals surface area contributed by atoms with Gasteiger partial charge in [-0.05, 0) is 19.8 Å². The largest absolute Gasteiger partial charge is 0.480 e. The lowest BCUT2D eigenvalue weighted by molar-refractivity contribution is -0.139. The molecule has 11 nitrogen and oxygen atoms in total. The van der Waals surface area contributed by atoms with Gasteiger partial charge in [0.15, 0.2) is 0 Å². The quantitative estimate of drug-likeness (QED) is 0.0687. The molecular formula is C20H33N5O6S3.